The molecule has 0 bridgehead atoms. The van der Waals surface area contributed by atoms with Gasteiger partial charge in [-0.2, -0.15) is 17.7 Å². The van der Waals surface area contributed by atoms with Crippen LogP contribution >= 0.6 is 0 Å². The number of nitrogens with zero attached hydrogens (tertiary/aromatic N) is 8. The molecule has 0 unspecified atom stereocenters. The van der Waals surface area contributed by atoms with Crippen LogP contribution in [0.2, 0.25) is 0 Å². The van der Waals surface area contributed by atoms with Gasteiger partial charge in [-0.3, -0.25) is 0 Å². The average Bonchev–Trinajstić information content (AvgIpc) is 3.43. The van der Waals surface area contributed by atoms with Gasteiger partial charge in [-0.25, -0.2) is 9.97 Å². The van der Waals surface area contributed by atoms with Gasteiger partial charge in [0.05, 0.1) is 0 Å². The van der Waals surface area contributed by atoms with Gasteiger partial charge in [0.1, 0.15) is 23.7 Å². The summed E-state index contributed by atoms with van der Waals surface area (Å²) in [5, 5.41) is 13.4. The lowest BCUT2D eigenvalue weighted by Crippen LogP contribution is -2.34. The monoisotopic (exact) mass is 418 g/mol. The summed E-state index contributed by atoms with van der Waals surface area (Å²) < 4.78 is 40.6. The second-order valence-corrected chi connectivity index (χ2v) is 7.73. The number of piperidine rings is 1. The first-order valence-electron chi connectivity index (χ1n) is 10.1. The minimum atomic E-state index is -4.48. The number of anilines is 2. The molecule has 0 spiro atoms. The molecule has 3 aromatic rings. The first-order chi connectivity index (χ1) is 14.5. The fourth-order valence-corrected chi connectivity index (χ4v) is 4.21. The smallest absolute Gasteiger partial charge is 0.356 e. The number of alkyl halides is 3. The standard InChI is InChI=1S/C19H21F3N8/c20-19(21,22)14-11-17(24-12-23-14)29-9-5-13(6-10-29)18-26-25-15-3-4-16(27-30(15)18)28-7-1-2-8-28/h3-4,11-13H,1-2,5-10H2. The zero-order chi connectivity index (χ0) is 20.7. The normalized spacial score (nSPS) is 18.5. The van der Waals surface area contributed by atoms with Crippen molar-refractivity contribution in [2.24, 2.45) is 0 Å². The van der Waals surface area contributed by atoms with Crippen molar-refractivity contribution in [3.63, 3.8) is 0 Å². The van der Waals surface area contributed by atoms with Crippen molar-refractivity contribution in [2.45, 2.75) is 37.8 Å². The molecule has 0 atom stereocenters. The van der Waals surface area contributed by atoms with Crippen LogP contribution in [-0.4, -0.2) is 56.0 Å². The van der Waals surface area contributed by atoms with Gasteiger partial charge in [0.25, 0.3) is 0 Å². The highest BCUT2D eigenvalue weighted by Crippen LogP contribution is 2.32. The average molecular weight is 418 g/mol. The van der Waals surface area contributed by atoms with E-state index in [1.807, 2.05) is 21.5 Å². The zero-order valence-corrected chi connectivity index (χ0v) is 16.3. The van der Waals surface area contributed by atoms with E-state index in [-0.39, 0.29) is 5.92 Å². The molecule has 5 heterocycles. The summed E-state index contributed by atoms with van der Waals surface area (Å²) in [5.74, 6) is 2.18. The predicted molar refractivity (Wildman–Crippen MR) is 103 cm³/mol. The number of hydrogen-bond acceptors (Lipinski definition) is 7. The van der Waals surface area contributed by atoms with Gasteiger partial charge in [0.2, 0.25) is 0 Å². The molecule has 5 rings (SSSR count). The van der Waals surface area contributed by atoms with Gasteiger partial charge in [-0.05, 0) is 37.8 Å². The lowest BCUT2D eigenvalue weighted by atomic mass is 9.96. The van der Waals surface area contributed by atoms with E-state index in [0.717, 1.165) is 50.0 Å². The lowest BCUT2D eigenvalue weighted by Gasteiger charge is -2.32. The Balaban J connectivity index is 1.33. The van der Waals surface area contributed by atoms with Crippen molar-refractivity contribution in [1.82, 2.24) is 29.8 Å². The highest BCUT2D eigenvalue weighted by molar-refractivity contribution is 5.47. The van der Waals surface area contributed by atoms with Crippen LogP contribution in [-0.2, 0) is 6.18 Å². The molecular weight excluding hydrogens is 397 g/mol. The van der Waals surface area contributed by atoms with Crippen LogP contribution < -0.4 is 9.80 Å². The van der Waals surface area contributed by atoms with Gasteiger partial charge in [0, 0.05) is 38.2 Å². The van der Waals surface area contributed by atoms with Gasteiger partial charge in [-0.1, -0.05) is 0 Å². The van der Waals surface area contributed by atoms with E-state index in [2.05, 4.69) is 25.1 Å². The quantitative estimate of drug-likeness (QED) is 0.647. The third-order valence-electron chi connectivity index (χ3n) is 5.83. The second kappa shape index (κ2) is 7.37. The summed E-state index contributed by atoms with van der Waals surface area (Å²) in [4.78, 5) is 11.5. The molecule has 8 nitrogen and oxygen atoms in total. The van der Waals surface area contributed by atoms with Crippen LogP contribution in [0.5, 0.6) is 0 Å². The molecule has 30 heavy (non-hydrogen) atoms. The summed E-state index contributed by atoms with van der Waals surface area (Å²) in [6, 6.07) is 4.93. The van der Waals surface area contributed by atoms with Crippen molar-refractivity contribution in [2.75, 3.05) is 36.0 Å². The number of fused-ring (bicyclic) bond motifs is 1. The lowest BCUT2D eigenvalue weighted by molar-refractivity contribution is -0.141. The topological polar surface area (TPSA) is 75.3 Å². The van der Waals surface area contributed by atoms with Crippen LogP contribution in [0.3, 0.4) is 0 Å². The van der Waals surface area contributed by atoms with E-state index in [1.54, 1.807) is 0 Å². The Morgan fingerprint density at radius 1 is 0.867 bits per heavy atom. The van der Waals surface area contributed by atoms with Gasteiger partial charge >= 0.3 is 6.18 Å². The first-order valence-corrected chi connectivity index (χ1v) is 10.1. The molecule has 2 fully saturated rings. The Morgan fingerprint density at radius 2 is 1.60 bits per heavy atom. The summed E-state index contributed by atoms with van der Waals surface area (Å²) >= 11 is 0. The molecule has 0 saturated carbocycles. The summed E-state index contributed by atoms with van der Waals surface area (Å²) in [7, 11) is 0. The SMILES string of the molecule is FC(F)(F)c1cc(N2CCC(c3nnc4ccc(N5CCCC5)nn34)CC2)ncn1. The largest absolute Gasteiger partial charge is 0.433 e. The van der Waals surface area contributed by atoms with E-state index in [0.29, 0.717) is 24.6 Å². The van der Waals surface area contributed by atoms with Crippen LogP contribution in [0.25, 0.3) is 5.65 Å². The second-order valence-electron chi connectivity index (χ2n) is 7.73. The van der Waals surface area contributed by atoms with Gasteiger partial charge in [-0.15, -0.1) is 15.3 Å². The Hall–Kier alpha value is -2.98. The molecule has 3 aromatic heterocycles. The summed E-state index contributed by atoms with van der Waals surface area (Å²) in [6.45, 7) is 3.18. The van der Waals surface area contributed by atoms with E-state index >= 15 is 0 Å². The molecule has 0 amide bonds. The molecule has 11 heteroatoms. The molecular formula is C19H21F3N8. The summed E-state index contributed by atoms with van der Waals surface area (Å²) in [5.41, 5.74) is -0.210. The van der Waals surface area contributed by atoms with Gasteiger partial charge < -0.3 is 9.80 Å². The predicted octanol–water partition coefficient (Wildman–Crippen LogP) is 2.92. The Labute approximate surface area is 170 Å². The molecule has 0 aliphatic carbocycles. The van der Waals surface area contributed by atoms with Crippen molar-refractivity contribution in [1.29, 1.82) is 0 Å². The fourth-order valence-electron chi connectivity index (χ4n) is 4.21. The third kappa shape index (κ3) is 3.52. The highest BCUT2D eigenvalue weighted by Gasteiger charge is 2.34. The van der Waals surface area contributed by atoms with E-state index < -0.39 is 11.9 Å². The molecule has 158 valence electrons. The Bertz CT molecular complexity index is 1040. The van der Waals surface area contributed by atoms with Crippen LogP contribution in [0, 0.1) is 0 Å². The first kappa shape index (κ1) is 19.0. The Morgan fingerprint density at radius 3 is 2.33 bits per heavy atom. The maximum absolute atomic E-state index is 12.9. The molecule has 2 aliphatic rings. The number of hydrogen-bond donors (Lipinski definition) is 0. The maximum atomic E-state index is 12.9. The van der Waals surface area contributed by atoms with E-state index in [9.17, 15) is 13.2 Å². The van der Waals surface area contributed by atoms with Crippen LogP contribution in [0.1, 0.15) is 43.1 Å². The molecule has 0 aromatic carbocycles. The third-order valence-corrected chi connectivity index (χ3v) is 5.83. The van der Waals surface area contributed by atoms with Gasteiger partial charge in [0.15, 0.2) is 11.5 Å². The van der Waals surface area contributed by atoms with Crippen molar-refractivity contribution in [3.8, 4) is 0 Å². The zero-order valence-electron chi connectivity index (χ0n) is 16.3. The maximum Gasteiger partial charge on any atom is 0.433 e. The van der Waals surface area contributed by atoms with Crippen LogP contribution in [0.4, 0.5) is 24.8 Å². The van der Waals surface area contributed by atoms with Crippen molar-refractivity contribution < 1.29 is 13.2 Å². The number of aromatic nitrogens is 6. The number of halogens is 3. The van der Waals surface area contributed by atoms with Crippen molar-refractivity contribution in [3.05, 3.63) is 36.0 Å². The minimum absolute atomic E-state index is 0.140. The van der Waals surface area contributed by atoms with Crippen molar-refractivity contribution >= 4 is 17.3 Å². The molecule has 2 saturated heterocycles. The van der Waals surface area contributed by atoms with E-state index in [1.165, 1.54) is 12.8 Å². The fraction of sp³-hybridized carbons (Fsp3) is 0.526. The highest BCUT2D eigenvalue weighted by atomic mass is 19.4. The minimum Gasteiger partial charge on any atom is -0.356 e. The summed E-state index contributed by atoms with van der Waals surface area (Å²) in [6.07, 6.45) is 0.317. The Kier molecular flexibility index (Phi) is 4.67. The number of rotatable bonds is 3. The van der Waals surface area contributed by atoms with Crippen LogP contribution in [0.15, 0.2) is 24.5 Å². The molecule has 0 N–H and O–H groups in total. The molecule has 0 radical (unpaired) electrons. The molecule has 2 aliphatic heterocycles. The van der Waals surface area contributed by atoms with E-state index in [4.69, 9.17) is 5.10 Å².